The van der Waals surface area contributed by atoms with Crippen molar-refractivity contribution in [2.45, 2.75) is 32.7 Å². The second-order valence-electron chi connectivity index (χ2n) is 5.21. The zero-order valence-corrected chi connectivity index (χ0v) is 12.6. The fourth-order valence-electron chi connectivity index (χ4n) is 2.45. The predicted molar refractivity (Wildman–Crippen MR) is 81.3 cm³/mol. The lowest BCUT2D eigenvalue weighted by Crippen LogP contribution is -2.40. The van der Waals surface area contributed by atoms with Crippen LogP contribution in [0.1, 0.15) is 37.0 Å². The van der Waals surface area contributed by atoms with Crippen molar-refractivity contribution in [1.29, 1.82) is 0 Å². The highest BCUT2D eigenvalue weighted by atomic mass is 16.5. The van der Waals surface area contributed by atoms with E-state index in [0.29, 0.717) is 17.9 Å². The maximum absolute atomic E-state index is 12.2. The van der Waals surface area contributed by atoms with Gasteiger partial charge in [0.2, 0.25) is 5.91 Å². The molecule has 1 N–H and O–H groups in total. The number of nitrogens with zero attached hydrogens (tertiary/aromatic N) is 1. The molecular formula is C16H22N2O3. The summed E-state index contributed by atoms with van der Waals surface area (Å²) in [6.45, 7) is 6.01. The maximum atomic E-state index is 12.2. The Kier molecular flexibility index (Phi) is 5.33. The second kappa shape index (κ2) is 7.22. The largest absolute Gasteiger partial charge is 0.462 e. The first-order valence-corrected chi connectivity index (χ1v) is 7.44. The van der Waals surface area contributed by atoms with Gasteiger partial charge < -0.3 is 10.1 Å². The summed E-state index contributed by atoms with van der Waals surface area (Å²) in [4.78, 5) is 25.9. The molecule has 0 radical (unpaired) electrons. The molecule has 1 aliphatic heterocycles. The molecule has 1 unspecified atom stereocenters. The normalized spacial score (nSPS) is 16.5. The average molecular weight is 290 g/mol. The molecular weight excluding hydrogens is 268 g/mol. The van der Waals surface area contributed by atoms with Crippen LogP contribution >= 0.6 is 0 Å². The van der Waals surface area contributed by atoms with E-state index in [9.17, 15) is 9.59 Å². The van der Waals surface area contributed by atoms with Crippen molar-refractivity contribution in [3.8, 4) is 0 Å². The lowest BCUT2D eigenvalue weighted by atomic mass is 10.2. The molecule has 114 valence electrons. The van der Waals surface area contributed by atoms with E-state index in [-0.39, 0.29) is 17.9 Å². The van der Waals surface area contributed by atoms with Crippen molar-refractivity contribution in [2.75, 3.05) is 25.0 Å². The van der Waals surface area contributed by atoms with Crippen molar-refractivity contribution >= 4 is 17.6 Å². The summed E-state index contributed by atoms with van der Waals surface area (Å²) in [5.41, 5.74) is 1.18. The second-order valence-corrected chi connectivity index (χ2v) is 5.21. The number of carbonyl (C=O) groups is 2. The number of benzene rings is 1. The topological polar surface area (TPSA) is 58.6 Å². The Labute approximate surface area is 125 Å². The molecule has 1 saturated heterocycles. The Morgan fingerprint density at radius 3 is 2.43 bits per heavy atom. The molecule has 5 heteroatoms. The summed E-state index contributed by atoms with van der Waals surface area (Å²) >= 11 is 0. The zero-order chi connectivity index (χ0) is 15.2. The van der Waals surface area contributed by atoms with Gasteiger partial charge in [0, 0.05) is 5.69 Å². The van der Waals surface area contributed by atoms with Gasteiger partial charge in [0.15, 0.2) is 0 Å². The molecule has 1 aromatic carbocycles. The number of amides is 1. The highest BCUT2D eigenvalue weighted by Gasteiger charge is 2.23. The summed E-state index contributed by atoms with van der Waals surface area (Å²) in [6.07, 6.45) is 2.32. The molecule has 2 rings (SSSR count). The van der Waals surface area contributed by atoms with Crippen molar-refractivity contribution in [3.63, 3.8) is 0 Å². The number of carbonyl (C=O) groups excluding carboxylic acids is 2. The number of ether oxygens (including phenoxy) is 1. The summed E-state index contributed by atoms with van der Waals surface area (Å²) in [7, 11) is 0. The van der Waals surface area contributed by atoms with Gasteiger partial charge in [-0.15, -0.1) is 0 Å². The molecule has 0 spiro atoms. The van der Waals surface area contributed by atoms with Crippen LogP contribution in [0.4, 0.5) is 5.69 Å². The van der Waals surface area contributed by atoms with Crippen molar-refractivity contribution < 1.29 is 14.3 Å². The first-order valence-electron chi connectivity index (χ1n) is 7.44. The molecule has 1 amide bonds. The Morgan fingerprint density at radius 2 is 1.86 bits per heavy atom. The van der Waals surface area contributed by atoms with E-state index in [1.807, 2.05) is 6.92 Å². The van der Waals surface area contributed by atoms with Gasteiger partial charge in [0.05, 0.1) is 18.2 Å². The van der Waals surface area contributed by atoms with Crippen LogP contribution in [0, 0.1) is 0 Å². The number of rotatable bonds is 5. The molecule has 5 nitrogen and oxygen atoms in total. The van der Waals surface area contributed by atoms with Crippen LogP contribution in [0.3, 0.4) is 0 Å². The number of anilines is 1. The van der Waals surface area contributed by atoms with Gasteiger partial charge in [-0.1, -0.05) is 0 Å². The third-order valence-electron chi connectivity index (χ3n) is 3.73. The molecule has 1 heterocycles. The Balaban J connectivity index is 1.93. The molecule has 0 aromatic heterocycles. The molecule has 21 heavy (non-hydrogen) atoms. The number of esters is 1. The number of hydrogen-bond donors (Lipinski definition) is 1. The van der Waals surface area contributed by atoms with Gasteiger partial charge >= 0.3 is 5.97 Å². The maximum Gasteiger partial charge on any atom is 0.338 e. The third kappa shape index (κ3) is 4.04. The van der Waals surface area contributed by atoms with Crippen LogP contribution in [0.25, 0.3) is 0 Å². The molecule has 0 bridgehead atoms. The van der Waals surface area contributed by atoms with Crippen LogP contribution < -0.4 is 5.32 Å². The van der Waals surface area contributed by atoms with Gasteiger partial charge in [0.1, 0.15) is 0 Å². The van der Waals surface area contributed by atoms with E-state index < -0.39 is 0 Å². The number of nitrogens with one attached hydrogen (secondary N) is 1. The van der Waals surface area contributed by atoms with E-state index >= 15 is 0 Å². The fraction of sp³-hybridized carbons (Fsp3) is 0.500. The monoisotopic (exact) mass is 290 g/mol. The SMILES string of the molecule is CCOC(=O)c1ccc(NC(=O)C(C)N2CCCC2)cc1. The van der Waals surface area contributed by atoms with E-state index in [4.69, 9.17) is 4.74 Å². The molecule has 1 fully saturated rings. The third-order valence-corrected chi connectivity index (χ3v) is 3.73. The minimum atomic E-state index is -0.346. The smallest absolute Gasteiger partial charge is 0.338 e. The number of likely N-dealkylation sites (tertiary alicyclic amines) is 1. The molecule has 0 aliphatic carbocycles. The van der Waals surface area contributed by atoms with Gasteiger partial charge in [-0.2, -0.15) is 0 Å². The molecule has 0 saturated carbocycles. The molecule has 1 atom stereocenters. The predicted octanol–water partition coefficient (Wildman–Crippen LogP) is 2.29. The van der Waals surface area contributed by atoms with Crippen molar-refractivity contribution in [3.05, 3.63) is 29.8 Å². The average Bonchev–Trinajstić information content (AvgIpc) is 3.01. The van der Waals surface area contributed by atoms with Gasteiger partial charge in [-0.05, 0) is 64.0 Å². The molecule has 1 aromatic rings. The number of hydrogen-bond acceptors (Lipinski definition) is 4. The van der Waals surface area contributed by atoms with Crippen LogP contribution in [-0.2, 0) is 9.53 Å². The van der Waals surface area contributed by atoms with Gasteiger partial charge in [-0.3, -0.25) is 9.69 Å². The highest BCUT2D eigenvalue weighted by Crippen LogP contribution is 2.15. The van der Waals surface area contributed by atoms with Crippen LogP contribution in [0.15, 0.2) is 24.3 Å². The lowest BCUT2D eigenvalue weighted by Gasteiger charge is -2.22. The van der Waals surface area contributed by atoms with Crippen LogP contribution in [-0.4, -0.2) is 42.5 Å². The standard InChI is InChI=1S/C16H22N2O3/c1-3-21-16(20)13-6-8-14(9-7-13)17-15(19)12(2)18-10-4-5-11-18/h6-9,12H,3-5,10-11H2,1-2H3,(H,17,19). The minimum Gasteiger partial charge on any atom is -0.462 e. The Morgan fingerprint density at radius 1 is 1.24 bits per heavy atom. The van der Waals surface area contributed by atoms with Crippen LogP contribution in [0.5, 0.6) is 0 Å². The van der Waals surface area contributed by atoms with Crippen molar-refractivity contribution in [2.24, 2.45) is 0 Å². The first-order chi connectivity index (χ1) is 10.1. The summed E-state index contributed by atoms with van der Waals surface area (Å²) < 4.78 is 4.92. The first kappa shape index (κ1) is 15.5. The van der Waals surface area contributed by atoms with Gasteiger partial charge in [-0.25, -0.2) is 4.79 Å². The molecule has 1 aliphatic rings. The summed E-state index contributed by atoms with van der Waals surface area (Å²) in [6, 6.07) is 6.64. The summed E-state index contributed by atoms with van der Waals surface area (Å²) in [5, 5.41) is 2.88. The minimum absolute atomic E-state index is 0.0132. The fourth-order valence-corrected chi connectivity index (χ4v) is 2.45. The lowest BCUT2D eigenvalue weighted by molar-refractivity contribution is -0.120. The van der Waals surface area contributed by atoms with Crippen LogP contribution in [0.2, 0.25) is 0 Å². The van der Waals surface area contributed by atoms with E-state index in [0.717, 1.165) is 25.9 Å². The quantitative estimate of drug-likeness (QED) is 0.845. The van der Waals surface area contributed by atoms with Crippen molar-refractivity contribution in [1.82, 2.24) is 4.90 Å². The van der Waals surface area contributed by atoms with E-state index in [2.05, 4.69) is 10.2 Å². The Hall–Kier alpha value is -1.88. The van der Waals surface area contributed by atoms with E-state index in [1.165, 1.54) is 0 Å². The zero-order valence-electron chi connectivity index (χ0n) is 12.6. The van der Waals surface area contributed by atoms with E-state index in [1.54, 1.807) is 31.2 Å². The highest BCUT2D eigenvalue weighted by molar-refractivity contribution is 5.95. The Bertz CT molecular complexity index is 493. The summed E-state index contributed by atoms with van der Waals surface area (Å²) in [5.74, 6) is -0.360. The van der Waals surface area contributed by atoms with Gasteiger partial charge in [0.25, 0.3) is 0 Å².